The lowest BCUT2D eigenvalue weighted by Gasteiger charge is -2.30. The lowest BCUT2D eigenvalue weighted by molar-refractivity contribution is -0.148. The van der Waals surface area contributed by atoms with Crippen molar-refractivity contribution in [3.63, 3.8) is 0 Å². The first kappa shape index (κ1) is 17.9. The Morgan fingerprint density at radius 3 is 2.61 bits per heavy atom. The van der Waals surface area contributed by atoms with E-state index >= 15 is 0 Å². The summed E-state index contributed by atoms with van der Waals surface area (Å²) in [6, 6.07) is 8.66. The molecule has 0 radical (unpaired) electrons. The van der Waals surface area contributed by atoms with Crippen LogP contribution in [0.2, 0.25) is 0 Å². The van der Waals surface area contributed by atoms with Gasteiger partial charge >= 0.3 is 5.97 Å². The fourth-order valence-electron chi connectivity index (χ4n) is 2.62. The molecule has 1 heterocycles. The number of carbonyl (C=O) groups excluding carboxylic acids is 2. The normalized spacial score (nSPS) is 20.8. The van der Waals surface area contributed by atoms with Crippen LogP contribution in [0.1, 0.15) is 44.0 Å². The zero-order chi connectivity index (χ0) is 16.8. The van der Waals surface area contributed by atoms with Crippen LogP contribution in [0.15, 0.2) is 30.3 Å². The lowest BCUT2D eigenvalue weighted by Crippen LogP contribution is -2.47. The molecular formula is C18H25NO3S. The average molecular weight is 335 g/mol. The molecule has 1 saturated heterocycles. The molecule has 1 aromatic carbocycles. The van der Waals surface area contributed by atoms with Crippen LogP contribution in [-0.2, 0) is 9.53 Å². The summed E-state index contributed by atoms with van der Waals surface area (Å²) >= 11 is 1.66. The minimum Gasteiger partial charge on any atom is -0.464 e. The summed E-state index contributed by atoms with van der Waals surface area (Å²) in [5, 5.41) is 0.00595. The van der Waals surface area contributed by atoms with Gasteiger partial charge in [0.1, 0.15) is 6.04 Å². The Balaban J connectivity index is 2.18. The zero-order valence-corrected chi connectivity index (χ0v) is 14.8. The molecule has 0 aliphatic carbocycles. The molecule has 126 valence electrons. The van der Waals surface area contributed by atoms with Gasteiger partial charge in [-0.25, -0.2) is 4.79 Å². The third kappa shape index (κ3) is 4.28. The van der Waals surface area contributed by atoms with Crippen LogP contribution in [0.25, 0.3) is 0 Å². The molecule has 1 amide bonds. The highest BCUT2D eigenvalue weighted by atomic mass is 32.2. The largest absolute Gasteiger partial charge is 0.464 e. The number of thioether (sulfide) groups is 1. The van der Waals surface area contributed by atoms with Crippen LogP contribution >= 0.6 is 11.8 Å². The molecule has 0 N–H and O–H groups in total. The third-order valence-electron chi connectivity index (χ3n) is 3.87. The molecule has 1 aliphatic rings. The second kappa shape index (κ2) is 8.39. The van der Waals surface area contributed by atoms with Gasteiger partial charge in [0.2, 0.25) is 0 Å². The molecule has 23 heavy (non-hydrogen) atoms. The van der Waals surface area contributed by atoms with Gasteiger partial charge in [0.05, 0.1) is 12.0 Å². The number of benzene rings is 1. The van der Waals surface area contributed by atoms with E-state index in [9.17, 15) is 9.59 Å². The monoisotopic (exact) mass is 335 g/mol. The maximum Gasteiger partial charge on any atom is 0.329 e. The van der Waals surface area contributed by atoms with Crippen LogP contribution in [0.5, 0.6) is 0 Å². The van der Waals surface area contributed by atoms with E-state index in [2.05, 4.69) is 20.8 Å². The van der Waals surface area contributed by atoms with Gasteiger partial charge in [-0.2, -0.15) is 0 Å². The molecule has 5 heteroatoms. The van der Waals surface area contributed by atoms with Gasteiger partial charge in [-0.15, -0.1) is 11.8 Å². The maximum atomic E-state index is 12.9. The number of hydrogen-bond donors (Lipinski definition) is 0. The van der Waals surface area contributed by atoms with Gasteiger partial charge in [0.25, 0.3) is 5.91 Å². The SMILES string of the molecule is CCCCOC(=O)[C@H]1CS[C@@H](C(C)C)N1C(=O)c1ccccc1. The second-order valence-corrected chi connectivity index (χ2v) is 7.23. The highest BCUT2D eigenvalue weighted by Crippen LogP contribution is 2.35. The zero-order valence-electron chi connectivity index (χ0n) is 14.0. The molecule has 2 atom stereocenters. The van der Waals surface area contributed by atoms with Crippen molar-refractivity contribution in [1.29, 1.82) is 0 Å². The standard InChI is InChI=1S/C18H25NO3S/c1-4-5-11-22-18(21)15-12-23-17(13(2)3)19(15)16(20)14-9-7-6-8-10-14/h6-10,13,15,17H,4-5,11-12H2,1-3H3/t15-,17+/m1/s1. The fourth-order valence-corrected chi connectivity index (χ4v) is 4.09. The van der Waals surface area contributed by atoms with E-state index < -0.39 is 6.04 Å². The molecule has 1 aliphatic heterocycles. The summed E-state index contributed by atoms with van der Waals surface area (Å²) in [4.78, 5) is 27.0. The second-order valence-electron chi connectivity index (χ2n) is 6.08. The van der Waals surface area contributed by atoms with Crippen molar-refractivity contribution in [2.75, 3.05) is 12.4 Å². The Labute approximate surface area is 142 Å². The maximum absolute atomic E-state index is 12.9. The Hall–Kier alpha value is -1.49. The number of nitrogens with zero attached hydrogens (tertiary/aromatic N) is 1. The van der Waals surface area contributed by atoms with E-state index in [1.54, 1.807) is 28.8 Å². The Kier molecular flexibility index (Phi) is 6.51. The van der Waals surface area contributed by atoms with Crippen LogP contribution in [-0.4, -0.2) is 40.6 Å². The molecule has 2 rings (SSSR count). The van der Waals surface area contributed by atoms with Crippen LogP contribution in [0, 0.1) is 5.92 Å². The Morgan fingerprint density at radius 1 is 1.30 bits per heavy atom. The van der Waals surface area contributed by atoms with Crippen LogP contribution < -0.4 is 0 Å². The van der Waals surface area contributed by atoms with Gasteiger partial charge in [-0.3, -0.25) is 4.79 Å². The van der Waals surface area contributed by atoms with Gasteiger partial charge in [-0.05, 0) is 24.5 Å². The van der Waals surface area contributed by atoms with Crippen molar-refractivity contribution < 1.29 is 14.3 Å². The predicted molar refractivity (Wildman–Crippen MR) is 93.4 cm³/mol. The first-order valence-corrected chi connectivity index (χ1v) is 9.27. The van der Waals surface area contributed by atoms with Crippen LogP contribution in [0.3, 0.4) is 0 Å². The van der Waals surface area contributed by atoms with Crippen molar-refractivity contribution >= 4 is 23.6 Å². The number of ether oxygens (including phenoxy) is 1. The number of hydrogen-bond acceptors (Lipinski definition) is 4. The minimum atomic E-state index is -0.489. The molecule has 4 nitrogen and oxygen atoms in total. The number of esters is 1. The summed E-state index contributed by atoms with van der Waals surface area (Å²) in [7, 11) is 0. The number of rotatable bonds is 6. The summed E-state index contributed by atoms with van der Waals surface area (Å²) < 4.78 is 5.36. The van der Waals surface area contributed by atoms with Gasteiger partial charge < -0.3 is 9.64 Å². The number of amides is 1. The van der Waals surface area contributed by atoms with E-state index in [4.69, 9.17) is 4.74 Å². The number of unbranched alkanes of at least 4 members (excludes halogenated alkanes) is 1. The highest BCUT2D eigenvalue weighted by Gasteiger charge is 2.43. The molecule has 0 saturated carbocycles. The smallest absolute Gasteiger partial charge is 0.329 e. The predicted octanol–water partition coefficient (Wildman–Crippen LogP) is 3.57. The van der Waals surface area contributed by atoms with Crippen molar-refractivity contribution in [2.24, 2.45) is 5.92 Å². The number of carbonyl (C=O) groups is 2. The third-order valence-corrected chi connectivity index (χ3v) is 5.50. The van der Waals surface area contributed by atoms with Crippen molar-refractivity contribution in [1.82, 2.24) is 4.90 Å². The average Bonchev–Trinajstić information content (AvgIpc) is 3.00. The van der Waals surface area contributed by atoms with E-state index in [0.717, 1.165) is 12.8 Å². The molecule has 1 fully saturated rings. The van der Waals surface area contributed by atoms with Gasteiger partial charge in [0, 0.05) is 11.3 Å². The first-order valence-electron chi connectivity index (χ1n) is 8.22. The first-order chi connectivity index (χ1) is 11.1. The van der Waals surface area contributed by atoms with Gasteiger partial charge in [-0.1, -0.05) is 45.4 Å². The van der Waals surface area contributed by atoms with E-state index in [0.29, 0.717) is 17.9 Å². The summed E-state index contributed by atoms with van der Waals surface area (Å²) in [6.45, 7) is 6.64. The molecule has 0 aromatic heterocycles. The minimum absolute atomic E-state index is 0.00595. The summed E-state index contributed by atoms with van der Waals surface area (Å²) in [5.74, 6) is 0.512. The van der Waals surface area contributed by atoms with E-state index in [-0.39, 0.29) is 23.2 Å². The molecule has 0 bridgehead atoms. The Morgan fingerprint density at radius 2 is 2.00 bits per heavy atom. The lowest BCUT2D eigenvalue weighted by atomic mass is 10.1. The van der Waals surface area contributed by atoms with E-state index in [1.165, 1.54) is 0 Å². The Bertz CT molecular complexity index is 532. The quantitative estimate of drug-likeness (QED) is 0.589. The molecular weight excluding hydrogens is 310 g/mol. The summed E-state index contributed by atoms with van der Waals surface area (Å²) in [6.07, 6.45) is 1.83. The van der Waals surface area contributed by atoms with Crippen molar-refractivity contribution in [3.05, 3.63) is 35.9 Å². The van der Waals surface area contributed by atoms with Crippen LogP contribution in [0.4, 0.5) is 0 Å². The molecule has 0 spiro atoms. The summed E-state index contributed by atoms with van der Waals surface area (Å²) in [5.41, 5.74) is 0.618. The topological polar surface area (TPSA) is 46.6 Å². The fraction of sp³-hybridized carbons (Fsp3) is 0.556. The molecule has 1 aromatic rings. The van der Waals surface area contributed by atoms with Crippen molar-refractivity contribution in [2.45, 2.75) is 45.0 Å². The van der Waals surface area contributed by atoms with Crippen molar-refractivity contribution in [3.8, 4) is 0 Å². The van der Waals surface area contributed by atoms with Gasteiger partial charge in [0.15, 0.2) is 0 Å². The highest BCUT2D eigenvalue weighted by molar-refractivity contribution is 8.00. The van der Waals surface area contributed by atoms with E-state index in [1.807, 2.05) is 18.2 Å². The molecule has 0 unspecified atom stereocenters.